The quantitative estimate of drug-likeness (QED) is 0.837. The second-order valence-electron chi connectivity index (χ2n) is 4.31. The molecule has 0 bridgehead atoms. The van der Waals surface area contributed by atoms with Gasteiger partial charge < -0.3 is 0 Å². The van der Waals surface area contributed by atoms with Crippen molar-refractivity contribution >= 4 is 16.7 Å². The summed E-state index contributed by atoms with van der Waals surface area (Å²) in [5.74, 6) is 0. The minimum absolute atomic E-state index is 0.355. The molecule has 2 rings (SSSR count). The smallest absolute Gasteiger partial charge is 0.125 e. The van der Waals surface area contributed by atoms with Crippen LogP contribution in [0.25, 0.3) is 0 Å². The van der Waals surface area contributed by atoms with E-state index in [-0.39, 0.29) is 0 Å². The molecule has 17 heavy (non-hydrogen) atoms. The third kappa shape index (κ3) is 3.44. The van der Waals surface area contributed by atoms with Gasteiger partial charge in [-0.05, 0) is 42.3 Å². The number of benzene rings is 1. The van der Waals surface area contributed by atoms with E-state index in [1.807, 2.05) is 0 Å². The summed E-state index contributed by atoms with van der Waals surface area (Å²) < 4.78 is 15.1. The summed E-state index contributed by atoms with van der Waals surface area (Å²) in [7, 11) is -1.18. The molecule has 0 aromatic heterocycles. The third-order valence-electron chi connectivity index (χ3n) is 3.04. The number of nitrogens with one attached hydrogen (secondary N) is 1. The predicted octanol–water partition coefficient (Wildman–Crippen LogP) is 3.03. The van der Waals surface area contributed by atoms with Crippen LogP contribution in [0.4, 0.5) is 5.69 Å². The van der Waals surface area contributed by atoms with Crippen molar-refractivity contribution in [2.45, 2.75) is 43.0 Å². The summed E-state index contributed by atoms with van der Waals surface area (Å²) in [4.78, 5) is 11.0. The molecule has 1 N–H and O–H groups in total. The highest BCUT2D eigenvalue weighted by molar-refractivity contribution is 7.83. The number of hydrogen-bond donors (Lipinski definition) is 1. The van der Waals surface area contributed by atoms with Crippen LogP contribution in [0.3, 0.4) is 0 Å². The Kier molecular flexibility index (Phi) is 4.39. The molecule has 5 heteroatoms. The molecule has 1 atom stereocenters. The first-order chi connectivity index (χ1) is 8.29. The molecule has 0 amide bonds. The number of nitroso groups, excluding NO2 is 1. The Morgan fingerprint density at radius 3 is 2.35 bits per heavy atom. The van der Waals surface area contributed by atoms with Crippen molar-refractivity contribution in [2.24, 2.45) is 5.18 Å². The zero-order valence-electron chi connectivity index (χ0n) is 9.59. The van der Waals surface area contributed by atoms with Crippen LogP contribution >= 0.6 is 0 Å². The van der Waals surface area contributed by atoms with E-state index in [1.165, 1.54) is 19.3 Å². The summed E-state index contributed by atoms with van der Waals surface area (Å²) in [5.41, 5.74) is 0.364. The summed E-state index contributed by atoms with van der Waals surface area (Å²) in [6.07, 6.45) is 5.90. The SMILES string of the molecule is O=Nc1ccc(S(=O)NC2CCCCC2)cc1. The molecular weight excluding hydrogens is 236 g/mol. The molecule has 1 saturated carbocycles. The average molecular weight is 252 g/mol. The van der Waals surface area contributed by atoms with E-state index in [9.17, 15) is 9.12 Å². The van der Waals surface area contributed by atoms with Gasteiger partial charge in [0.05, 0.1) is 4.90 Å². The average Bonchev–Trinajstić information content (AvgIpc) is 2.40. The van der Waals surface area contributed by atoms with Gasteiger partial charge in [-0.3, -0.25) is 0 Å². The van der Waals surface area contributed by atoms with E-state index in [1.54, 1.807) is 24.3 Å². The molecule has 1 aliphatic carbocycles. The lowest BCUT2D eigenvalue weighted by molar-refractivity contribution is 0.419. The van der Waals surface area contributed by atoms with Crippen molar-refractivity contribution in [1.29, 1.82) is 0 Å². The second-order valence-corrected chi connectivity index (χ2v) is 5.55. The molecule has 1 aromatic carbocycles. The Hall–Kier alpha value is -1.07. The molecule has 0 radical (unpaired) electrons. The minimum atomic E-state index is -1.18. The first-order valence-electron chi connectivity index (χ1n) is 5.91. The van der Waals surface area contributed by atoms with Gasteiger partial charge in [0.25, 0.3) is 0 Å². The highest BCUT2D eigenvalue weighted by Gasteiger charge is 2.16. The van der Waals surface area contributed by atoms with Gasteiger partial charge in [0.15, 0.2) is 0 Å². The highest BCUT2D eigenvalue weighted by atomic mass is 32.2. The van der Waals surface area contributed by atoms with Gasteiger partial charge >= 0.3 is 0 Å². The van der Waals surface area contributed by atoms with Crippen LogP contribution in [0.2, 0.25) is 0 Å². The van der Waals surface area contributed by atoms with Gasteiger partial charge in [0, 0.05) is 6.04 Å². The maximum absolute atomic E-state index is 12.0. The Morgan fingerprint density at radius 1 is 1.12 bits per heavy atom. The standard InChI is InChI=1S/C12H16N2O2S/c15-13-10-6-8-12(9-7-10)17(16)14-11-4-2-1-3-5-11/h6-9,11,14H,1-5H2. The summed E-state index contributed by atoms with van der Waals surface area (Å²) in [6.45, 7) is 0. The molecule has 0 saturated heterocycles. The monoisotopic (exact) mass is 252 g/mol. The van der Waals surface area contributed by atoms with Crippen LogP contribution in [-0.4, -0.2) is 10.3 Å². The minimum Gasteiger partial charge on any atom is -0.237 e. The highest BCUT2D eigenvalue weighted by Crippen LogP contribution is 2.19. The van der Waals surface area contributed by atoms with E-state index >= 15 is 0 Å². The van der Waals surface area contributed by atoms with Crippen LogP contribution in [0.15, 0.2) is 34.3 Å². The topological polar surface area (TPSA) is 58.5 Å². The fourth-order valence-corrected chi connectivity index (χ4v) is 3.13. The summed E-state index contributed by atoms with van der Waals surface area (Å²) in [5, 5.41) is 2.82. The van der Waals surface area contributed by atoms with E-state index in [4.69, 9.17) is 0 Å². The first-order valence-corrected chi connectivity index (χ1v) is 7.06. The molecule has 92 valence electrons. The molecule has 1 aliphatic rings. The molecule has 0 spiro atoms. The van der Waals surface area contributed by atoms with Gasteiger partial charge in [-0.2, -0.15) is 0 Å². The summed E-state index contributed by atoms with van der Waals surface area (Å²) >= 11 is 0. The number of hydrogen-bond acceptors (Lipinski definition) is 3. The Labute approximate surface area is 103 Å². The van der Waals surface area contributed by atoms with Crippen molar-refractivity contribution in [2.75, 3.05) is 0 Å². The predicted molar refractivity (Wildman–Crippen MR) is 68.3 cm³/mol. The zero-order valence-corrected chi connectivity index (χ0v) is 10.4. The third-order valence-corrected chi connectivity index (χ3v) is 4.28. The van der Waals surface area contributed by atoms with E-state index in [2.05, 4.69) is 9.90 Å². The maximum atomic E-state index is 12.0. The van der Waals surface area contributed by atoms with Gasteiger partial charge in [-0.1, -0.05) is 19.3 Å². The first kappa shape index (κ1) is 12.4. The van der Waals surface area contributed by atoms with Crippen molar-refractivity contribution < 1.29 is 4.21 Å². The van der Waals surface area contributed by atoms with Gasteiger partial charge in [-0.25, -0.2) is 8.93 Å². The van der Waals surface area contributed by atoms with Crippen LogP contribution in [0, 0.1) is 4.91 Å². The van der Waals surface area contributed by atoms with Gasteiger partial charge in [-0.15, -0.1) is 4.91 Å². The normalized spacial score (nSPS) is 18.8. The lowest BCUT2D eigenvalue weighted by atomic mass is 9.96. The largest absolute Gasteiger partial charge is 0.237 e. The molecular formula is C12H16N2O2S. The van der Waals surface area contributed by atoms with Gasteiger partial charge in [0.1, 0.15) is 16.7 Å². The Bertz CT molecular complexity index is 399. The Balaban J connectivity index is 1.95. The van der Waals surface area contributed by atoms with Crippen molar-refractivity contribution in [3.8, 4) is 0 Å². The lowest BCUT2D eigenvalue weighted by Crippen LogP contribution is -2.32. The van der Waals surface area contributed by atoms with Crippen molar-refractivity contribution in [3.63, 3.8) is 0 Å². The van der Waals surface area contributed by atoms with E-state index in [0.717, 1.165) is 12.8 Å². The molecule has 0 heterocycles. The van der Waals surface area contributed by atoms with Gasteiger partial charge in [0.2, 0.25) is 0 Å². The molecule has 4 nitrogen and oxygen atoms in total. The fourth-order valence-electron chi connectivity index (χ4n) is 2.07. The van der Waals surface area contributed by atoms with Crippen molar-refractivity contribution in [1.82, 2.24) is 4.72 Å². The summed E-state index contributed by atoms with van der Waals surface area (Å²) in [6, 6.07) is 6.89. The number of nitrogens with zero attached hydrogens (tertiary/aromatic N) is 1. The van der Waals surface area contributed by atoms with Crippen LogP contribution in [0.1, 0.15) is 32.1 Å². The van der Waals surface area contributed by atoms with E-state index in [0.29, 0.717) is 16.6 Å². The second kappa shape index (κ2) is 6.02. The molecule has 1 fully saturated rings. The van der Waals surface area contributed by atoms with Crippen molar-refractivity contribution in [3.05, 3.63) is 29.2 Å². The molecule has 1 unspecified atom stereocenters. The zero-order chi connectivity index (χ0) is 12.1. The van der Waals surface area contributed by atoms with Crippen LogP contribution in [0.5, 0.6) is 0 Å². The number of rotatable bonds is 4. The van der Waals surface area contributed by atoms with E-state index < -0.39 is 11.0 Å². The van der Waals surface area contributed by atoms with Crippen LogP contribution < -0.4 is 4.72 Å². The Morgan fingerprint density at radius 2 is 1.76 bits per heavy atom. The fraction of sp³-hybridized carbons (Fsp3) is 0.500. The lowest BCUT2D eigenvalue weighted by Gasteiger charge is -2.22. The van der Waals surface area contributed by atoms with Crippen LogP contribution in [-0.2, 0) is 11.0 Å². The molecule has 1 aromatic rings. The molecule has 0 aliphatic heterocycles. The maximum Gasteiger partial charge on any atom is 0.125 e.